The maximum Gasteiger partial charge on any atom is 0.339 e. The first-order valence-corrected chi connectivity index (χ1v) is 8.25. The molecular formula is C19H20FNO4. The molecule has 1 saturated carbocycles. The predicted octanol–water partition coefficient (Wildman–Crippen LogP) is 3.45. The van der Waals surface area contributed by atoms with Crippen LogP contribution in [0.1, 0.15) is 46.7 Å². The fourth-order valence-electron chi connectivity index (χ4n) is 3.32. The van der Waals surface area contributed by atoms with Gasteiger partial charge in [-0.15, -0.1) is 0 Å². The molecule has 0 bridgehead atoms. The van der Waals surface area contributed by atoms with Gasteiger partial charge in [0.15, 0.2) is 0 Å². The number of rotatable bonds is 6. The van der Waals surface area contributed by atoms with Crippen LogP contribution in [0.4, 0.5) is 4.39 Å². The number of amides is 1. The topological polar surface area (TPSA) is 79.5 Å². The van der Waals surface area contributed by atoms with Gasteiger partial charge in [0, 0.05) is 0 Å². The van der Waals surface area contributed by atoms with Crippen LogP contribution < -0.4 is 5.32 Å². The van der Waals surface area contributed by atoms with Crippen LogP contribution in [0.15, 0.2) is 34.7 Å². The van der Waals surface area contributed by atoms with Crippen LogP contribution in [-0.4, -0.2) is 17.0 Å². The van der Waals surface area contributed by atoms with E-state index in [1.54, 1.807) is 13.0 Å². The molecule has 2 N–H and O–H groups in total. The zero-order chi connectivity index (χ0) is 18.0. The molecule has 0 atom stereocenters. The van der Waals surface area contributed by atoms with Crippen LogP contribution in [0.5, 0.6) is 0 Å². The van der Waals surface area contributed by atoms with Crippen molar-refractivity contribution >= 4 is 11.9 Å². The van der Waals surface area contributed by atoms with Crippen molar-refractivity contribution in [1.82, 2.24) is 5.32 Å². The van der Waals surface area contributed by atoms with Gasteiger partial charge in [0.1, 0.15) is 22.9 Å². The van der Waals surface area contributed by atoms with E-state index < -0.39 is 11.4 Å². The lowest BCUT2D eigenvalue weighted by molar-refractivity contribution is -0.136. The van der Waals surface area contributed by atoms with Gasteiger partial charge in [-0.2, -0.15) is 0 Å². The van der Waals surface area contributed by atoms with Crippen LogP contribution in [-0.2, 0) is 17.8 Å². The van der Waals surface area contributed by atoms with Gasteiger partial charge in [0.2, 0.25) is 5.91 Å². The number of nitrogens with one attached hydrogen (secondary N) is 1. The molecular weight excluding hydrogens is 325 g/mol. The first-order chi connectivity index (χ1) is 11.9. The lowest BCUT2D eigenvalue weighted by Crippen LogP contribution is -2.46. The van der Waals surface area contributed by atoms with Crippen molar-refractivity contribution in [2.24, 2.45) is 5.41 Å². The number of hydrogen-bond acceptors (Lipinski definition) is 3. The van der Waals surface area contributed by atoms with Crippen molar-refractivity contribution in [3.8, 4) is 0 Å². The second-order valence-corrected chi connectivity index (χ2v) is 6.61. The van der Waals surface area contributed by atoms with E-state index in [2.05, 4.69) is 5.32 Å². The van der Waals surface area contributed by atoms with Gasteiger partial charge in [-0.3, -0.25) is 4.79 Å². The lowest BCUT2D eigenvalue weighted by Gasteiger charge is -2.40. The fourth-order valence-corrected chi connectivity index (χ4v) is 3.32. The lowest BCUT2D eigenvalue weighted by atomic mass is 9.64. The Labute approximate surface area is 144 Å². The number of furan rings is 1. The maximum absolute atomic E-state index is 13.4. The molecule has 1 aromatic carbocycles. The molecule has 0 unspecified atom stereocenters. The van der Waals surface area contributed by atoms with Gasteiger partial charge in [0.05, 0.1) is 12.0 Å². The monoisotopic (exact) mass is 345 g/mol. The number of benzene rings is 1. The number of aromatic carboxylic acids is 1. The Kier molecular flexibility index (Phi) is 4.61. The molecule has 0 radical (unpaired) electrons. The highest BCUT2D eigenvalue weighted by atomic mass is 19.1. The van der Waals surface area contributed by atoms with Gasteiger partial charge >= 0.3 is 5.97 Å². The second kappa shape index (κ2) is 6.70. The van der Waals surface area contributed by atoms with E-state index in [0.717, 1.165) is 24.8 Å². The first-order valence-electron chi connectivity index (χ1n) is 8.25. The van der Waals surface area contributed by atoms with Crippen LogP contribution in [0.3, 0.4) is 0 Å². The molecule has 0 saturated heterocycles. The number of carboxylic acid groups (broad SMARTS) is 1. The molecule has 0 aliphatic heterocycles. The first kappa shape index (κ1) is 17.2. The number of hydrogen-bond donors (Lipinski definition) is 2. The molecule has 1 fully saturated rings. The standard InChI is InChI=1S/C19H20FNO4/c1-12-16(17(22)23)9-15(25-12)11-21-18(24)19(6-3-7-19)10-13-4-2-5-14(20)8-13/h2,4-5,8-9H,3,6-7,10-11H2,1H3,(H,21,24)(H,22,23). The van der Waals surface area contributed by atoms with E-state index in [-0.39, 0.29) is 23.8 Å². The number of carbonyl (C=O) groups is 2. The molecule has 132 valence electrons. The molecule has 6 heteroatoms. The normalized spacial score (nSPS) is 15.4. The average molecular weight is 345 g/mol. The molecule has 1 aromatic heterocycles. The summed E-state index contributed by atoms with van der Waals surface area (Å²) in [5, 5.41) is 11.9. The molecule has 25 heavy (non-hydrogen) atoms. The van der Waals surface area contributed by atoms with E-state index in [4.69, 9.17) is 9.52 Å². The van der Waals surface area contributed by atoms with E-state index in [1.165, 1.54) is 18.2 Å². The number of carbonyl (C=O) groups excluding carboxylic acids is 1. The Morgan fingerprint density at radius 2 is 2.08 bits per heavy atom. The average Bonchev–Trinajstić information content (AvgIpc) is 2.90. The number of halogens is 1. The summed E-state index contributed by atoms with van der Waals surface area (Å²) in [6.45, 7) is 1.71. The summed E-state index contributed by atoms with van der Waals surface area (Å²) in [6.07, 6.45) is 2.97. The van der Waals surface area contributed by atoms with Crippen LogP contribution in [0.2, 0.25) is 0 Å². The third kappa shape index (κ3) is 3.57. The highest BCUT2D eigenvalue weighted by Crippen LogP contribution is 2.44. The summed E-state index contributed by atoms with van der Waals surface area (Å²) in [5.41, 5.74) is 0.379. The van der Waals surface area contributed by atoms with Gasteiger partial charge in [0.25, 0.3) is 0 Å². The van der Waals surface area contributed by atoms with Crippen molar-refractivity contribution < 1.29 is 23.5 Å². The minimum Gasteiger partial charge on any atom is -0.478 e. The minimum absolute atomic E-state index is 0.0994. The van der Waals surface area contributed by atoms with Gasteiger partial charge < -0.3 is 14.8 Å². The third-order valence-electron chi connectivity index (χ3n) is 4.85. The Bertz CT molecular complexity index is 808. The number of aryl methyl sites for hydroxylation is 1. The quantitative estimate of drug-likeness (QED) is 0.840. The summed E-state index contributed by atoms with van der Waals surface area (Å²) in [7, 11) is 0. The molecule has 1 aliphatic carbocycles. The summed E-state index contributed by atoms with van der Waals surface area (Å²) < 4.78 is 18.8. The minimum atomic E-state index is -1.06. The van der Waals surface area contributed by atoms with E-state index in [0.29, 0.717) is 17.9 Å². The van der Waals surface area contributed by atoms with Crippen molar-refractivity contribution in [3.63, 3.8) is 0 Å². The molecule has 0 spiro atoms. The molecule has 5 nitrogen and oxygen atoms in total. The van der Waals surface area contributed by atoms with Gasteiger partial charge in [-0.05, 0) is 49.9 Å². The molecule has 1 amide bonds. The molecule has 1 heterocycles. The summed E-state index contributed by atoms with van der Waals surface area (Å²) in [4.78, 5) is 23.7. The van der Waals surface area contributed by atoms with Crippen molar-refractivity contribution in [2.75, 3.05) is 0 Å². The highest BCUT2D eigenvalue weighted by Gasteiger charge is 2.43. The summed E-state index contributed by atoms with van der Waals surface area (Å²) in [5.74, 6) is -0.743. The summed E-state index contributed by atoms with van der Waals surface area (Å²) in [6, 6.07) is 7.75. The van der Waals surface area contributed by atoms with Crippen LogP contribution in [0.25, 0.3) is 0 Å². The Morgan fingerprint density at radius 1 is 1.32 bits per heavy atom. The highest BCUT2D eigenvalue weighted by molar-refractivity contribution is 5.89. The van der Waals surface area contributed by atoms with E-state index in [9.17, 15) is 14.0 Å². The Hall–Kier alpha value is -2.63. The SMILES string of the molecule is Cc1oc(CNC(=O)C2(Cc3cccc(F)c3)CCC2)cc1C(=O)O. The third-order valence-corrected chi connectivity index (χ3v) is 4.85. The van der Waals surface area contributed by atoms with Crippen molar-refractivity contribution in [1.29, 1.82) is 0 Å². The molecule has 1 aliphatic rings. The molecule has 3 rings (SSSR count). The Morgan fingerprint density at radius 3 is 2.64 bits per heavy atom. The largest absolute Gasteiger partial charge is 0.478 e. The van der Waals surface area contributed by atoms with E-state index >= 15 is 0 Å². The van der Waals surface area contributed by atoms with Gasteiger partial charge in [-0.25, -0.2) is 9.18 Å². The predicted molar refractivity (Wildman–Crippen MR) is 88.6 cm³/mol. The zero-order valence-corrected chi connectivity index (χ0v) is 14.0. The Balaban J connectivity index is 1.66. The number of carboxylic acids is 1. The zero-order valence-electron chi connectivity index (χ0n) is 14.0. The van der Waals surface area contributed by atoms with Crippen molar-refractivity contribution in [3.05, 3.63) is 58.8 Å². The van der Waals surface area contributed by atoms with Gasteiger partial charge in [-0.1, -0.05) is 18.6 Å². The van der Waals surface area contributed by atoms with Crippen LogP contribution >= 0.6 is 0 Å². The second-order valence-electron chi connectivity index (χ2n) is 6.61. The van der Waals surface area contributed by atoms with Crippen LogP contribution in [0, 0.1) is 18.2 Å². The smallest absolute Gasteiger partial charge is 0.339 e. The molecule has 2 aromatic rings. The fraction of sp³-hybridized carbons (Fsp3) is 0.368. The van der Waals surface area contributed by atoms with E-state index in [1.807, 2.05) is 6.07 Å². The summed E-state index contributed by atoms with van der Waals surface area (Å²) >= 11 is 0. The van der Waals surface area contributed by atoms with Crippen molar-refractivity contribution in [2.45, 2.75) is 39.2 Å². The maximum atomic E-state index is 13.4.